The van der Waals surface area contributed by atoms with Gasteiger partial charge in [0.15, 0.2) is 23.2 Å². The van der Waals surface area contributed by atoms with Gasteiger partial charge in [0.25, 0.3) is 0 Å². The van der Waals surface area contributed by atoms with Gasteiger partial charge in [0, 0.05) is 7.05 Å². The zero-order valence-electron chi connectivity index (χ0n) is 16.1. The van der Waals surface area contributed by atoms with Crippen molar-refractivity contribution in [2.75, 3.05) is 18.6 Å². The molecule has 1 aromatic carbocycles. The van der Waals surface area contributed by atoms with Crippen LogP contribution in [-0.2, 0) is 11.2 Å². The third kappa shape index (κ3) is 2.95. The van der Waals surface area contributed by atoms with Crippen molar-refractivity contribution in [2.45, 2.75) is 43.4 Å². The van der Waals surface area contributed by atoms with Crippen molar-refractivity contribution in [3.8, 4) is 0 Å². The minimum Gasteiger partial charge on any atom is -0.394 e. The molecule has 3 aromatic rings. The summed E-state index contributed by atoms with van der Waals surface area (Å²) in [5.74, 6) is 0.518. The molecule has 3 heterocycles. The minimum atomic E-state index is -1.30. The van der Waals surface area contributed by atoms with Crippen LogP contribution in [0.2, 0.25) is 5.28 Å². The smallest absolute Gasteiger partial charge is 0.226 e. The van der Waals surface area contributed by atoms with Crippen LogP contribution in [0.4, 0.5) is 5.82 Å². The van der Waals surface area contributed by atoms with Gasteiger partial charge in [-0.1, -0.05) is 29.5 Å². The lowest BCUT2D eigenvalue weighted by atomic mass is 10.1. The molecule has 0 saturated carbocycles. The van der Waals surface area contributed by atoms with Crippen LogP contribution in [0.15, 0.2) is 24.3 Å². The topological polar surface area (TPSA) is 130 Å². The second kappa shape index (κ2) is 7.40. The lowest BCUT2D eigenvalue weighted by Crippen LogP contribution is -2.33. The normalized spacial score (nSPS) is 28.2. The number of aryl methyl sites for hydroxylation is 1. The first-order valence-corrected chi connectivity index (χ1v) is 10.1. The van der Waals surface area contributed by atoms with Crippen molar-refractivity contribution in [1.29, 1.82) is 0 Å². The van der Waals surface area contributed by atoms with E-state index >= 15 is 0 Å². The molecule has 2 aromatic heterocycles. The SMILES string of the molecule is CN(c1nc(Cl)nc2c1nnn2[C@@H]1O[C@H](CO)[C@@H](O)[C@H]1O)[C@H]1CCc2ccccc21. The Hall–Kier alpha value is -2.37. The summed E-state index contributed by atoms with van der Waals surface area (Å²) in [5, 5.41) is 38.1. The summed E-state index contributed by atoms with van der Waals surface area (Å²) in [5.41, 5.74) is 3.22. The van der Waals surface area contributed by atoms with Gasteiger partial charge in [-0.15, -0.1) is 5.10 Å². The molecule has 5 atom stereocenters. The standard InChI is InChI=1S/C19H21ClN6O4/c1-25(11-7-6-9-4-2-3-5-10(9)11)16-13-17(22-19(20)21-16)26(24-23-13)18-15(29)14(28)12(8-27)30-18/h2-5,11-12,14-15,18,27-29H,6-8H2,1H3/t11-,12+,14+,15+,18+/m0/s1. The fraction of sp³-hybridized carbons (Fsp3) is 0.474. The minimum absolute atomic E-state index is 0.00549. The highest BCUT2D eigenvalue weighted by Crippen LogP contribution is 2.39. The van der Waals surface area contributed by atoms with Crippen LogP contribution in [0.1, 0.15) is 29.8 Å². The molecule has 1 aliphatic carbocycles. The summed E-state index contributed by atoms with van der Waals surface area (Å²) in [6.45, 7) is -0.438. The number of hydrogen-bond donors (Lipinski definition) is 3. The number of ether oxygens (including phenoxy) is 1. The average Bonchev–Trinajstić information content (AvgIpc) is 3.43. The summed E-state index contributed by atoms with van der Waals surface area (Å²) >= 11 is 6.22. The molecular weight excluding hydrogens is 412 g/mol. The van der Waals surface area contributed by atoms with Crippen LogP contribution in [-0.4, -0.2) is 72.2 Å². The van der Waals surface area contributed by atoms with E-state index in [2.05, 4.69) is 32.4 Å². The Bertz CT molecular complexity index is 1090. The number of nitrogens with zero attached hydrogens (tertiary/aromatic N) is 6. The Kier molecular flexibility index (Phi) is 4.83. The molecule has 1 saturated heterocycles. The average molecular weight is 433 g/mol. The Morgan fingerprint density at radius 3 is 2.80 bits per heavy atom. The monoisotopic (exact) mass is 432 g/mol. The van der Waals surface area contributed by atoms with Gasteiger partial charge in [0.2, 0.25) is 5.28 Å². The number of halogens is 1. The van der Waals surface area contributed by atoms with Crippen LogP contribution in [0.5, 0.6) is 0 Å². The molecule has 158 valence electrons. The molecule has 3 N–H and O–H groups in total. The first-order valence-electron chi connectivity index (χ1n) is 9.71. The summed E-state index contributed by atoms with van der Waals surface area (Å²) in [6, 6.07) is 8.40. The second-order valence-corrected chi connectivity index (χ2v) is 7.95. The molecule has 1 aliphatic heterocycles. The first kappa shape index (κ1) is 19.6. The van der Waals surface area contributed by atoms with Gasteiger partial charge in [0.1, 0.15) is 18.3 Å². The van der Waals surface area contributed by atoms with E-state index in [0.717, 1.165) is 12.8 Å². The number of aromatic nitrogens is 5. The van der Waals surface area contributed by atoms with Gasteiger partial charge < -0.3 is 25.0 Å². The zero-order valence-corrected chi connectivity index (χ0v) is 16.9. The number of aliphatic hydroxyl groups excluding tert-OH is 3. The van der Waals surface area contributed by atoms with Gasteiger partial charge >= 0.3 is 0 Å². The van der Waals surface area contributed by atoms with Crippen LogP contribution in [0.3, 0.4) is 0 Å². The lowest BCUT2D eigenvalue weighted by molar-refractivity contribution is -0.0574. The van der Waals surface area contributed by atoms with E-state index in [4.69, 9.17) is 16.3 Å². The maximum Gasteiger partial charge on any atom is 0.226 e. The fourth-order valence-corrected chi connectivity index (χ4v) is 4.53. The van der Waals surface area contributed by atoms with Crippen molar-refractivity contribution in [2.24, 2.45) is 0 Å². The molecular formula is C19H21ClN6O4. The lowest BCUT2D eigenvalue weighted by Gasteiger charge is -2.26. The largest absolute Gasteiger partial charge is 0.394 e. The maximum absolute atomic E-state index is 10.4. The number of fused-ring (bicyclic) bond motifs is 2. The predicted molar refractivity (Wildman–Crippen MR) is 107 cm³/mol. The Morgan fingerprint density at radius 2 is 2.03 bits per heavy atom. The van der Waals surface area contributed by atoms with Crippen molar-refractivity contribution < 1.29 is 20.1 Å². The Morgan fingerprint density at radius 1 is 1.23 bits per heavy atom. The molecule has 5 rings (SSSR count). The van der Waals surface area contributed by atoms with Crippen molar-refractivity contribution in [3.63, 3.8) is 0 Å². The van der Waals surface area contributed by atoms with E-state index in [1.54, 1.807) is 0 Å². The van der Waals surface area contributed by atoms with Gasteiger partial charge in [-0.05, 0) is 35.6 Å². The van der Waals surface area contributed by atoms with Gasteiger partial charge in [-0.25, -0.2) is 0 Å². The second-order valence-electron chi connectivity index (χ2n) is 7.62. The highest BCUT2D eigenvalue weighted by Gasteiger charge is 2.45. The summed E-state index contributed by atoms with van der Waals surface area (Å²) in [4.78, 5) is 10.6. The first-order chi connectivity index (χ1) is 14.5. The van der Waals surface area contributed by atoms with Gasteiger partial charge in [-0.3, -0.25) is 0 Å². The van der Waals surface area contributed by atoms with Crippen LogP contribution in [0.25, 0.3) is 11.2 Å². The number of anilines is 1. The number of aliphatic hydroxyl groups is 3. The molecule has 0 bridgehead atoms. The van der Waals surface area contributed by atoms with Crippen molar-refractivity contribution in [1.82, 2.24) is 25.0 Å². The molecule has 0 amide bonds. The molecule has 0 radical (unpaired) electrons. The molecule has 2 aliphatic rings. The molecule has 1 fully saturated rings. The third-order valence-corrected chi connectivity index (χ3v) is 6.11. The number of benzene rings is 1. The number of rotatable bonds is 4. The third-order valence-electron chi connectivity index (χ3n) is 5.94. The fourth-order valence-electron chi connectivity index (χ4n) is 4.37. The van der Waals surface area contributed by atoms with E-state index in [1.165, 1.54) is 15.8 Å². The van der Waals surface area contributed by atoms with Crippen molar-refractivity contribution >= 4 is 28.6 Å². The van der Waals surface area contributed by atoms with E-state index in [9.17, 15) is 15.3 Å². The van der Waals surface area contributed by atoms with Gasteiger partial charge in [-0.2, -0.15) is 14.6 Å². The van der Waals surface area contributed by atoms with E-state index in [0.29, 0.717) is 11.3 Å². The molecule has 30 heavy (non-hydrogen) atoms. The molecule has 0 unspecified atom stereocenters. The number of hydrogen-bond acceptors (Lipinski definition) is 9. The summed E-state index contributed by atoms with van der Waals surface area (Å²) in [6.07, 6.45) is -2.64. The molecule has 11 heteroatoms. The van der Waals surface area contributed by atoms with E-state index in [-0.39, 0.29) is 17.0 Å². The quantitative estimate of drug-likeness (QED) is 0.507. The molecule has 10 nitrogen and oxygen atoms in total. The summed E-state index contributed by atoms with van der Waals surface area (Å²) < 4.78 is 6.84. The highest BCUT2D eigenvalue weighted by molar-refractivity contribution is 6.28. The Balaban J connectivity index is 1.55. The predicted octanol–water partition coefficient (Wildman–Crippen LogP) is 0.610. The molecule has 0 spiro atoms. The Labute approximate surface area is 176 Å². The summed E-state index contributed by atoms with van der Waals surface area (Å²) in [7, 11) is 1.93. The highest BCUT2D eigenvalue weighted by atomic mass is 35.5. The maximum atomic E-state index is 10.4. The van der Waals surface area contributed by atoms with Crippen molar-refractivity contribution in [3.05, 3.63) is 40.7 Å². The van der Waals surface area contributed by atoms with Crippen LogP contribution >= 0.6 is 11.6 Å². The van der Waals surface area contributed by atoms with Crippen LogP contribution < -0.4 is 4.90 Å². The zero-order chi connectivity index (χ0) is 21.0. The van der Waals surface area contributed by atoms with E-state index in [1.807, 2.05) is 24.1 Å². The van der Waals surface area contributed by atoms with Gasteiger partial charge in [0.05, 0.1) is 12.6 Å². The van der Waals surface area contributed by atoms with Crippen LogP contribution in [0, 0.1) is 0 Å². The van der Waals surface area contributed by atoms with E-state index < -0.39 is 31.1 Å².